The van der Waals surface area contributed by atoms with Gasteiger partial charge in [-0.05, 0) is 49.9 Å². The summed E-state index contributed by atoms with van der Waals surface area (Å²) in [6.07, 6.45) is 10.2. The smallest absolute Gasteiger partial charge is 0.310 e. The minimum absolute atomic E-state index is 0.0215. The molecule has 5 rings (SSSR count). The van der Waals surface area contributed by atoms with Gasteiger partial charge in [0.2, 0.25) is 0 Å². The van der Waals surface area contributed by atoms with E-state index in [0.717, 1.165) is 67.2 Å². The van der Waals surface area contributed by atoms with E-state index >= 15 is 0 Å². The number of nitrogens with one attached hydrogen (secondary N) is 1. The fourth-order valence-corrected chi connectivity index (χ4v) is 4.92. The Morgan fingerprint density at radius 1 is 1.32 bits per heavy atom. The molecule has 0 radical (unpaired) electrons. The lowest BCUT2D eigenvalue weighted by Crippen LogP contribution is -2.35. The van der Waals surface area contributed by atoms with E-state index in [0.29, 0.717) is 18.4 Å². The van der Waals surface area contributed by atoms with Crippen molar-refractivity contribution in [1.82, 2.24) is 24.5 Å². The summed E-state index contributed by atoms with van der Waals surface area (Å²) in [5.74, 6) is 1.56. The molecule has 1 saturated heterocycles. The first-order chi connectivity index (χ1) is 16.7. The molecule has 8 nitrogen and oxygen atoms in total. The van der Waals surface area contributed by atoms with Gasteiger partial charge in [-0.25, -0.2) is 4.98 Å². The lowest BCUT2D eigenvalue weighted by molar-refractivity contribution is -0.143. The van der Waals surface area contributed by atoms with Gasteiger partial charge in [0.15, 0.2) is 11.7 Å². The quantitative estimate of drug-likeness (QED) is 0.367. The van der Waals surface area contributed by atoms with Crippen molar-refractivity contribution >= 4 is 35.1 Å². The second kappa shape index (κ2) is 10.1. The van der Waals surface area contributed by atoms with Gasteiger partial charge in [-0.2, -0.15) is 9.61 Å². The third-order valence-corrected chi connectivity index (χ3v) is 6.97. The number of carbonyl (C=O) groups excluding carboxylic acids is 1. The minimum Gasteiger partial charge on any atom is -0.449 e. The van der Waals surface area contributed by atoms with Crippen molar-refractivity contribution in [3.63, 3.8) is 0 Å². The topological polar surface area (TPSA) is 84.7 Å². The summed E-state index contributed by atoms with van der Waals surface area (Å²) in [6, 6.07) is 6.05. The van der Waals surface area contributed by atoms with Gasteiger partial charge >= 0.3 is 5.97 Å². The number of esters is 1. The average molecular weight is 481 g/mol. The van der Waals surface area contributed by atoms with Crippen LogP contribution in [-0.2, 0) is 16.1 Å². The predicted molar refractivity (Wildman–Crippen MR) is 131 cm³/mol. The van der Waals surface area contributed by atoms with Crippen LogP contribution in [0.3, 0.4) is 0 Å². The van der Waals surface area contributed by atoms with Crippen LogP contribution in [0.25, 0.3) is 11.7 Å². The first-order valence-electron chi connectivity index (χ1n) is 11.7. The van der Waals surface area contributed by atoms with Crippen molar-refractivity contribution in [3.8, 4) is 0 Å². The zero-order chi connectivity index (χ0) is 23.5. The molecule has 0 amide bonds. The van der Waals surface area contributed by atoms with Crippen molar-refractivity contribution in [2.24, 2.45) is 11.8 Å². The van der Waals surface area contributed by atoms with Crippen molar-refractivity contribution < 1.29 is 9.53 Å². The molecule has 3 aromatic rings. The fraction of sp³-hybridized carbons (Fsp3) is 0.440. The second-order valence-electron chi connectivity index (χ2n) is 9.07. The van der Waals surface area contributed by atoms with Crippen molar-refractivity contribution in [1.29, 1.82) is 0 Å². The monoisotopic (exact) mass is 480 g/mol. The Labute approximate surface area is 204 Å². The largest absolute Gasteiger partial charge is 0.449 e. The van der Waals surface area contributed by atoms with Crippen LogP contribution in [0.2, 0.25) is 0 Å². The lowest BCUT2D eigenvalue weighted by Gasteiger charge is -2.32. The first-order valence-corrected chi connectivity index (χ1v) is 12.3. The molecule has 2 unspecified atom stereocenters. The molecule has 2 fully saturated rings. The first kappa shape index (κ1) is 22.8. The van der Waals surface area contributed by atoms with E-state index in [1.54, 1.807) is 18.5 Å². The number of anilines is 1. The number of halogens is 1. The highest BCUT2D eigenvalue weighted by atomic mass is 35.5. The molecule has 3 aromatic heterocycles. The summed E-state index contributed by atoms with van der Waals surface area (Å²) in [5.41, 5.74) is 3.93. The lowest BCUT2D eigenvalue weighted by atomic mass is 9.93. The molecule has 0 spiro atoms. The molecular weight excluding hydrogens is 452 g/mol. The zero-order valence-electron chi connectivity index (χ0n) is 19.1. The summed E-state index contributed by atoms with van der Waals surface area (Å²) in [4.78, 5) is 23.5. The number of nitrogens with zero attached hydrogens (tertiary/aromatic N) is 5. The maximum atomic E-state index is 11.9. The molecule has 1 N–H and O–H groups in total. The van der Waals surface area contributed by atoms with Crippen LogP contribution in [0.1, 0.15) is 42.0 Å². The van der Waals surface area contributed by atoms with Gasteiger partial charge in [-0.15, -0.1) is 0 Å². The second-order valence-corrected chi connectivity index (χ2v) is 9.29. The number of hydrogen-bond acceptors (Lipinski definition) is 7. The van der Waals surface area contributed by atoms with Crippen LogP contribution in [-0.4, -0.2) is 56.2 Å². The highest BCUT2D eigenvalue weighted by Crippen LogP contribution is 2.41. The summed E-state index contributed by atoms with van der Waals surface area (Å²) in [6.45, 7) is 7.52. The van der Waals surface area contributed by atoms with Gasteiger partial charge in [-0.1, -0.05) is 30.3 Å². The Kier molecular flexibility index (Phi) is 6.78. The molecule has 2 aliphatic rings. The Balaban J connectivity index is 1.26. The van der Waals surface area contributed by atoms with Gasteiger partial charge in [-0.3, -0.25) is 9.78 Å². The molecule has 1 aliphatic carbocycles. The highest BCUT2D eigenvalue weighted by molar-refractivity contribution is 6.17. The number of piperidine rings is 1. The van der Waals surface area contributed by atoms with Crippen molar-refractivity contribution in [2.45, 2.75) is 31.7 Å². The van der Waals surface area contributed by atoms with Crippen LogP contribution in [0.4, 0.5) is 5.82 Å². The van der Waals surface area contributed by atoms with Gasteiger partial charge in [0.1, 0.15) is 5.82 Å². The Morgan fingerprint density at radius 2 is 2.18 bits per heavy atom. The van der Waals surface area contributed by atoms with Crippen molar-refractivity contribution in [2.75, 3.05) is 31.0 Å². The van der Waals surface area contributed by atoms with E-state index < -0.39 is 0 Å². The maximum absolute atomic E-state index is 11.9. The molecular formula is C25H29ClN6O2. The van der Waals surface area contributed by atoms with Gasteiger partial charge in [0, 0.05) is 48.7 Å². The normalized spacial score (nSPS) is 20.9. The van der Waals surface area contributed by atoms with Gasteiger partial charge in [0.05, 0.1) is 12.1 Å². The molecule has 4 heterocycles. The zero-order valence-corrected chi connectivity index (χ0v) is 19.8. The fourth-order valence-electron chi connectivity index (χ4n) is 4.81. The third-order valence-electron chi connectivity index (χ3n) is 6.86. The molecule has 2 atom stereocenters. The molecule has 0 aromatic carbocycles. The molecule has 1 aliphatic heterocycles. The number of ether oxygens (including phenoxy) is 1. The Bertz CT molecular complexity index is 1160. The van der Waals surface area contributed by atoms with Crippen LogP contribution in [0, 0.1) is 11.8 Å². The van der Waals surface area contributed by atoms with E-state index in [9.17, 15) is 4.79 Å². The maximum Gasteiger partial charge on any atom is 0.310 e. The number of fused-ring (bicyclic) bond motifs is 1. The summed E-state index contributed by atoms with van der Waals surface area (Å²) < 4.78 is 6.79. The SMILES string of the molecule is C=Cc1cnn2c(NCc3cccnc3)cc(C3CCN(CC4CC4C(=O)OCCl)CC3)nc12. The Morgan fingerprint density at radius 3 is 2.91 bits per heavy atom. The van der Waals surface area contributed by atoms with Gasteiger partial charge in [0.25, 0.3) is 0 Å². The summed E-state index contributed by atoms with van der Waals surface area (Å²) in [7, 11) is 0. The minimum atomic E-state index is -0.155. The number of hydrogen-bond donors (Lipinski definition) is 1. The average Bonchev–Trinajstić information content (AvgIpc) is 3.51. The van der Waals surface area contributed by atoms with Crippen molar-refractivity contribution in [3.05, 3.63) is 60.2 Å². The van der Waals surface area contributed by atoms with E-state index in [1.165, 1.54) is 0 Å². The number of pyridine rings is 1. The predicted octanol–water partition coefficient (Wildman–Crippen LogP) is 3.93. The molecule has 1 saturated carbocycles. The summed E-state index contributed by atoms with van der Waals surface area (Å²) >= 11 is 5.51. The number of aromatic nitrogens is 4. The van der Waals surface area contributed by atoms with Gasteiger partial charge < -0.3 is 15.0 Å². The van der Waals surface area contributed by atoms with Crippen LogP contribution in [0.15, 0.2) is 43.4 Å². The summed E-state index contributed by atoms with van der Waals surface area (Å²) in [5, 5.41) is 8.04. The van der Waals surface area contributed by atoms with Crippen LogP contribution in [0.5, 0.6) is 0 Å². The van der Waals surface area contributed by atoms with E-state index in [4.69, 9.17) is 21.3 Å². The third kappa shape index (κ3) is 4.93. The molecule has 178 valence electrons. The standard InChI is InChI=1S/C25H29ClN6O2/c1-2-18-14-29-32-23(28-13-17-4-3-7-27-12-17)11-22(30-24(18)32)19-5-8-31(9-6-19)15-20-10-21(20)25(33)34-16-26/h2-4,7,11-12,14,19-21,28H,1,5-6,8-10,13,15-16H2. The molecule has 9 heteroatoms. The van der Waals surface area contributed by atoms with E-state index in [-0.39, 0.29) is 18.0 Å². The number of likely N-dealkylation sites (tertiary alicyclic amines) is 1. The molecule has 0 bridgehead atoms. The number of rotatable bonds is 9. The van der Waals surface area contributed by atoms with Crippen LogP contribution < -0.4 is 5.32 Å². The van der Waals surface area contributed by atoms with E-state index in [2.05, 4.69) is 32.9 Å². The van der Waals surface area contributed by atoms with E-state index in [1.807, 2.05) is 22.8 Å². The Hall–Kier alpha value is -2.97. The number of carbonyl (C=O) groups is 1. The van der Waals surface area contributed by atoms with Crippen LogP contribution >= 0.6 is 11.6 Å². The number of alkyl halides is 1. The highest BCUT2D eigenvalue weighted by Gasteiger charge is 2.45. The molecule has 34 heavy (non-hydrogen) atoms.